The molecule has 0 saturated carbocycles. The number of esters is 1. The molecule has 1 atom stereocenters. The molecule has 0 spiro atoms. The fourth-order valence-electron chi connectivity index (χ4n) is 2.75. The van der Waals surface area contributed by atoms with Gasteiger partial charge in [0.05, 0.1) is 25.0 Å². The highest BCUT2D eigenvalue weighted by molar-refractivity contribution is 9.10. The van der Waals surface area contributed by atoms with Crippen LogP contribution < -0.4 is 4.90 Å². The van der Waals surface area contributed by atoms with Gasteiger partial charge in [-0.15, -0.1) is 11.8 Å². The molecule has 2 aliphatic heterocycles. The highest BCUT2D eigenvalue weighted by Crippen LogP contribution is 2.36. The molecule has 1 fully saturated rings. The van der Waals surface area contributed by atoms with E-state index in [0.29, 0.717) is 22.3 Å². The van der Waals surface area contributed by atoms with Gasteiger partial charge in [0.1, 0.15) is 5.25 Å². The molecule has 0 N–H and O–H groups in total. The zero-order valence-corrected chi connectivity index (χ0v) is 14.9. The average Bonchev–Trinajstić information content (AvgIpc) is 2.81. The molecule has 0 bridgehead atoms. The highest BCUT2D eigenvalue weighted by atomic mass is 79.9. The minimum atomic E-state index is -0.528. The van der Waals surface area contributed by atoms with E-state index in [9.17, 15) is 14.4 Å². The molecular weight excluding hydrogens is 384 g/mol. The first-order valence-electron chi connectivity index (χ1n) is 7.09. The van der Waals surface area contributed by atoms with Crippen LogP contribution in [-0.2, 0) is 14.3 Å². The molecule has 23 heavy (non-hydrogen) atoms. The van der Waals surface area contributed by atoms with Gasteiger partial charge >= 0.3 is 11.9 Å². The fraction of sp³-hybridized carbons (Fsp3) is 0.400. The maximum atomic E-state index is 12.3. The summed E-state index contributed by atoms with van der Waals surface area (Å²) < 4.78 is 5.51. The van der Waals surface area contributed by atoms with Crippen LogP contribution in [0.3, 0.4) is 0 Å². The minimum absolute atomic E-state index is 0.259. The van der Waals surface area contributed by atoms with Gasteiger partial charge in [0.2, 0.25) is 0 Å². The minimum Gasteiger partial charge on any atom is -0.468 e. The van der Waals surface area contributed by atoms with Gasteiger partial charge < -0.3 is 4.74 Å². The number of hydrogen-bond donors (Lipinski definition) is 0. The van der Waals surface area contributed by atoms with Crippen molar-refractivity contribution in [2.45, 2.75) is 5.25 Å². The topological polar surface area (TPSA) is 66.9 Å². The molecule has 0 aliphatic carbocycles. The second-order valence-corrected chi connectivity index (χ2v) is 7.46. The Morgan fingerprint density at radius 1 is 1.43 bits per heavy atom. The number of fused-ring (bicyclic) bond motifs is 1. The van der Waals surface area contributed by atoms with E-state index in [-0.39, 0.29) is 17.9 Å². The van der Waals surface area contributed by atoms with Gasteiger partial charge in [-0.25, -0.2) is 0 Å². The lowest BCUT2D eigenvalue weighted by atomic mass is 10.1. The summed E-state index contributed by atoms with van der Waals surface area (Å²) in [6, 6.07) is 5.20. The third kappa shape index (κ3) is 3.02. The van der Waals surface area contributed by atoms with Gasteiger partial charge in [-0.2, -0.15) is 0 Å². The van der Waals surface area contributed by atoms with Crippen molar-refractivity contribution in [1.82, 2.24) is 4.90 Å². The van der Waals surface area contributed by atoms with E-state index in [2.05, 4.69) is 15.9 Å². The first-order chi connectivity index (χ1) is 11.0. The van der Waals surface area contributed by atoms with Gasteiger partial charge in [0.15, 0.2) is 0 Å². The molecule has 3 rings (SSSR count). The molecule has 6 nitrogen and oxygen atoms in total. The number of ketones is 1. The van der Waals surface area contributed by atoms with Crippen molar-refractivity contribution in [3.05, 3.63) is 28.2 Å². The number of hydrogen-bond acceptors (Lipinski definition) is 6. The summed E-state index contributed by atoms with van der Waals surface area (Å²) in [5, 5.41) is -0.263. The summed E-state index contributed by atoms with van der Waals surface area (Å²) >= 11 is 4.96. The zero-order valence-electron chi connectivity index (χ0n) is 12.5. The monoisotopic (exact) mass is 398 g/mol. The fourth-order valence-corrected chi connectivity index (χ4v) is 4.53. The molecule has 1 aromatic rings. The van der Waals surface area contributed by atoms with Crippen LogP contribution in [0.4, 0.5) is 5.69 Å². The van der Waals surface area contributed by atoms with Crippen molar-refractivity contribution in [2.24, 2.45) is 0 Å². The molecule has 2 aliphatic rings. The smallest absolute Gasteiger partial charge is 0.320 e. The van der Waals surface area contributed by atoms with Crippen LogP contribution in [0.15, 0.2) is 22.7 Å². The molecular formula is C15H15BrN2O4S. The van der Waals surface area contributed by atoms with Gasteiger partial charge in [-0.3, -0.25) is 24.2 Å². The second-order valence-electron chi connectivity index (χ2n) is 5.30. The normalized spacial score (nSPS) is 21.5. The SMILES string of the molecule is COC(=O)[C@H]1CN(CN2C(=O)C(=O)c3cccc(Br)c32)CCS1. The van der Waals surface area contributed by atoms with Gasteiger partial charge in [0.25, 0.3) is 5.78 Å². The molecule has 1 aromatic carbocycles. The molecule has 1 saturated heterocycles. The lowest BCUT2D eigenvalue weighted by molar-refractivity contribution is -0.140. The lowest BCUT2D eigenvalue weighted by Gasteiger charge is -2.33. The van der Waals surface area contributed by atoms with Crippen molar-refractivity contribution < 1.29 is 19.1 Å². The number of rotatable bonds is 3. The Bertz CT molecular complexity index is 681. The molecule has 0 aromatic heterocycles. The quantitative estimate of drug-likeness (QED) is 0.568. The number of amides is 1. The maximum Gasteiger partial charge on any atom is 0.320 e. The number of ether oxygens (including phenoxy) is 1. The summed E-state index contributed by atoms with van der Waals surface area (Å²) in [4.78, 5) is 39.6. The predicted molar refractivity (Wildman–Crippen MR) is 90.7 cm³/mol. The standard InChI is InChI=1S/C15H15BrN2O4S/c1-22-15(21)11-7-17(5-6-23-11)8-18-12-9(13(19)14(18)20)3-2-4-10(12)16/h2-4,11H,5-8H2,1H3/t11-/m1/s1. The van der Waals surface area contributed by atoms with Crippen molar-refractivity contribution >= 4 is 51.0 Å². The van der Waals surface area contributed by atoms with Crippen molar-refractivity contribution in [1.29, 1.82) is 0 Å². The number of carbonyl (C=O) groups is 3. The van der Waals surface area contributed by atoms with E-state index in [1.807, 2.05) is 4.90 Å². The Morgan fingerprint density at radius 3 is 2.96 bits per heavy atom. The molecule has 0 unspecified atom stereocenters. The van der Waals surface area contributed by atoms with Crippen LogP contribution in [0, 0.1) is 0 Å². The molecule has 0 radical (unpaired) electrons. The molecule has 122 valence electrons. The third-order valence-electron chi connectivity index (χ3n) is 3.90. The van der Waals surface area contributed by atoms with E-state index in [0.717, 1.165) is 12.3 Å². The van der Waals surface area contributed by atoms with Gasteiger partial charge in [0, 0.05) is 23.3 Å². The van der Waals surface area contributed by atoms with Crippen LogP contribution in [0.2, 0.25) is 0 Å². The van der Waals surface area contributed by atoms with E-state index < -0.39 is 11.7 Å². The highest BCUT2D eigenvalue weighted by Gasteiger charge is 2.39. The Morgan fingerprint density at radius 2 is 2.22 bits per heavy atom. The maximum absolute atomic E-state index is 12.3. The number of thioether (sulfide) groups is 1. The zero-order chi connectivity index (χ0) is 16.6. The van der Waals surface area contributed by atoms with Gasteiger partial charge in [-0.05, 0) is 28.1 Å². The first kappa shape index (κ1) is 16.5. The van der Waals surface area contributed by atoms with E-state index >= 15 is 0 Å². The van der Waals surface area contributed by atoms with E-state index in [1.54, 1.807) is 30.0 Å². The number of methoxy groups -OCH3 is 1. The van der Waals surface area contributed by atoms with Crippen LogP contribution in [0.1, 0.15) is 10.4 Å². The summed E-state index contributed by atoms with van der Waals surface area (Å²) in [5.74, 6) is -0.500. The number of Topliss-reactive ketones (excluding diaryl/α,β-unsaturated/α-hetero) is 1. The predicted octanol–water partition coefficient (Wildman–Crippen LogP) is 1.53. The van der Waals surface area contributed by atoms with Crippen molar-refractivity contribution in [3.8, 4) is 0 Å². The lowest BCUT2D eigenvalue weighted by Crippen LogP contribution is -2.48. The summed E-state index contributed by atoms with van der Waals surface area (Å²) in [7, 11) is 1.37. The van der Waals surface area contributed by atoms with Crippen LogP contribution in [-0.4, -0.2) is 60.4 Å². The van der Waals surface area contributed by atoms with Crippen LogP contribution in [0.25, 0.3) is 0 Å². The number of halogens is 1. The van der Waals surface area contributed by atoms with Crippen LogP contribution in [0.5, 0.6) is 0 Å². The number of anilines is 1. The van der Waals surface area contributed by atoms with Crippen LogP contribution >= 0.6 is 27.7 Å². The molecule has 8 heteroatoms. The Labute approximate surface area is 146 Å². The number of nitrogens with zero attached hydrogens (tertiary/aromatic N) is 2. The third-order valence-corrected chi connectivity index (χ3v) is 5.70. The Hall–Kier alpha value is -1.38. The van der Waals surface area contributed by atoms with E-state index in [4.69, 9.17) is 4.74 Å². The van der Waals surface area contributed by atoms with Crippen molar-refractivity contribution in [2.75, 3.05) is 37.5 Å². The van der Waals surface area contributed by atoms with Gasteiger partial charge in [-0.1, -0.05) is 6.07 Å². The van der Waals surface area contributed by atoms with Crippen molar-refractivity contribution in [3.63, 3.8) is 0 Å². The number of para-hydroxylation sites is 1. The Kier molecular flexibility index (Phi) is 4.74. The first-order valence-corrected chi connectivity index (χ1v) is 8.93. The summed E-state index contributed by atoms with van der Waals surface area (Å²) in [6.07, 6.45) is 0. The largest absolute Gasteiger partial charge is 0.468 e. The summed E-state index contributed by atoms with van der Waals surface area (Å²) in [6.45, 7) is 1.53. The summed E-state index contributed by atoms with van der Waals surface area (Å²) in [5.41, 5.74) is 1.02. The second kappa shape index (κ2) is 6.62. The number of carbonyl (C=O) groups excluding carboxylic acids is 3. The number of benzene rings is 1. The Balaban J connectivity index is 1.80. The average molecular weight is 399 g/mol. The molecule has 2 heterocycles. The van der Waals surface area contributed by atoms with E-state index in [1.165, 1.54) is 12.0 Å². The molecule has 1 amide bonds.